The molecule has 2 heterocycles. The highest BCUT2D eigenvalue weighted by molar-refractivity contribution is 5.78. The molecule has 1 aromatic carbocycles. The molecule has 2 amide bonds. The van der Waals surface area contributed by atoms with Gasteiger partial charge in [0.1, 0.15) is 11.9 Å². The number of benzene rings is 1. The second kappa shape index (κ2) is 10.3. The molecule has 1 saturated heterocycles. The summed E-state index contributed by atoms with van der Waals surface area (Å²) in [6, 6.07) is 5.25. The van der Waals surface area contributed by atoms with E-state index >= 15 is 0 Å². The molecule has 34 heavy (non-hydrogen) atoms. The number of aromatic nitrogens is 1. The van der Waals surface area contributed by atoms with Gasteiger partial charge in [-0.15, -0.1) is 0 Å². The normalized spacial score (nSPS) is 18.7. The van der Waals surface area contributed by atoms with Crippen molar-refractivity contribution in [1.29, 1.82) is 0 Å². The first kappa shape index (κ1) is 25.3. The number of carbonyl (C=O) groups is 2. The molecule has 12 heteroatoms. The minimum Gasteiger partial charge on any atom is -0.433 e. The second-order valence-electron chi connectivity index (χ2n) is 8.01. The van der Waals surface area contributed by atoms with Crippen molar-refractivity contribution in [3.05, 3.63) is 58.9 Å². The van der Waals surface area contributed by atoms with Crippen molar-refractivity contribution in [2.45, 2.75) is 51.8 Å². The first-order valence-electron chi connectivity index (χ1n) is 10.4. The summed E-state index contributed by atoms with van der Waals surface area (Å²) in [7, 11) is 0. The summed E-state index contributed by atoms with van der Waals surface area (Å²) in [6.07, 6.45) is -4.98. The van der Waals surface area contributed by atoms with Crippen LogP contribution in [0.5, 0.6) is 5.75 Å². The molecule has 1 aliphatic heterocycles. The average molecular weight is 486 g/mol. The Balaban J connectivity index is 1.87. The van der Waals surface area contributed by atoms with Crippen molar-refractivity contribution in [3.8, 4) is 5.75 Å². The first-order valence-corrected chi connectivity index (χ1v) is 10.4. The number of carbonyl (C=O) groups excluding carboxylic acids is 2. The highest BCUT2D eigenvalue weighted by atomic mass is 19.4. The second-order valence-corrected chi connectivity index (χ2v) is 8.01. The Bertz CT molecular complexity index is 1030. The quantitative estimate of drug-likeness (QED) is 0.518. The van der Waals surface area contributed by atoms with Gasteiger partial charge in [-0.05, 0) is 29.8 Å². The van der Waals surface area contributed by atoms with Gasteiger partial charge in [-0.2, -0.15) is 22.0 Å². The average Bonchev–Trinajstić information content (AvgIpc) is 2.76. The van der Waals surface area contributed by atoms with E-state index in [1.54, 1.807) is 13.8 Å². The third-order valence-electron chi connectivity index (χ3n) is 5.13. The zero-order valence-corrected chi connectivity index (χ0v) is 18.2. The Kier molecular flexibility index (Phi) is 7.70. The maximum atomic E-state index is 13.7. The smallest absolute Gasteiger partial charge is 0.416 e. The number of halogens is 5. The summed E-state index contributed by atoms with van der Waals surface area (Å²) in [5.41, 5.74) is -0.477. The molecule has 7 nitrogen and oxygen atoms in total. The number of pyridine rings is 1. The summed E-state index contributed by atoms with van der Waals surface area (Å²) >= 11 is 0. The number of hydrogen-bond acceptors (Lipinski definition) is 5. The van der Waals surface area contributed by atoms with Crippen LogP contribution in [0.15, 0.2) is 36.5 Å². The topological polar surface area (TPSA) is 92.4 Å². The van der Waals surface area contributed by atoms with Gasteiger partial charge in [0.25, 0.3) is 0 Å². The molecule has 1 fully saturated rings. The fourth-order valence-corrected chi connectivity index (χ4v) is 3.45. The van der Waals surface area contributed by atoms with Crippen molar-refractivity contribution in [3.63, 3.8) is 0 Å². The Morgan fingerprint density at radius 3 is 2.56 bits per heavy atom. The van der Waals surface area contributed by atoms with E-state index < -0.39 is 36.5 Å². The van der Waals surface area contributed by atoms with Gasteiger partial charge < -0.3 is 15.4 Å². The fourth-order valence-electron chi connectivity index (χ4n) is 3.45. The Labute approximate surface area is 192 Å². The van der Waals surface area contributed by atoms with Crippen molar-refractivity contribution in [1.82, 2.24) is 20.9 Å². The molecule has 2 atom stereocenters. The number of hydrogen-bond donors (Lipinski definition) is 3. The number of ether oxygens (including phenoxy) is 1. The molecule has 0 saturated carbocycles. The SMILES string of the molecule is CC(C)C(=O)NCc1ccc(C(F)(F)F)c(C2NC(=O)CC(c3ccc(OC(F)F)cn3)N2)c1. The van der Waals surface area contributed by atoms with Crippen LogP contribution in [0.3, 0.4) is 0 Å². The van der Waals surface area contributed by atoms with E-state index in [0.29, 0.717) is 5.56 Å². The summed E-state index contributed by atoms with van der Waals surface area (Å²) in [6.45, 7) is 0.360. The molecule has 3 N–H and O–H groups in total. The van der Waals surface area contributed by atoms with E-state index in [4.69, 9.17) is 0 Å². The molecule has 0 aliphatic carbocycles. The van der Waals surface area contributed by atoms with Gasteiger partial charge in [0.2, 0.25) is 11.8 Å². The van der Waals surface area contributed by atoms with Crippen molar-refractivity contribution < 1.29 is 36.3 Å². The number of rotatable bonds is 7. The monoisotopic (exact) mass is 486 g/mol. The van der Waals surface area contributed by atoms with Crippen LogP contribution in [0.1, 0.15) is 54.9 Å². The molecule has 1 aliphatic rings. The van der Waals surface area contributed by atoms with Crippen LogP contribution in [0.25, 0.3) is 0 Å². The first-order chi connectivity index (χ1) is 15.9. The van der Waals surface area contributed by atoms with E-state index in [1.165, 1.54) is 24.3 Å². The van der Waals surface area contributed by atoms with Crippen LogP contribution in [0, 0.1) is 5.92 Å². The van der Waals surface area contributed by atoms with E-state index in [9.17, 15) is 31.5 Å². The van der Waals surface area contributed by atoms with Crippen LogP contribution >= 0.6 is 0 Å². The molecular weight excluding hydrogens is 463 g/mol. The zero-order valence-electron chi connectivity index (χ0n) is 18.2. The lowest BCUT2D eigenvalue weighted by Gasteiger charge is -2.33. The summed E-state index contributed by atoms with van der Waals surface area (Å²) in [5, 5.41) is 8.08. The van der Waals surface area contributed by atoms with E-state index in [1.807, 2.05) is 0 Å². The van der Waals surface area contributed by atoms with Crippen LogP contribution in [0.2, 0.25) is 0 Å². The molecule has 0 bridgehead atoms. The minimum absolute atomic E-state index is 0.0133. The van der Waals surface area contributed by atoms with Crippen molar-refractivity contribution in [2.75, 3.05) is 0 Å². The highest BCUT2D eigenvalue weighted by Crippen LogP contribution is 2.36. The highest BCUT2D eigenvalue weighted by Gasteiger charge is 2.38. The largest absolute Gasteiger partial charge is 0.433 e. The molecule has 2 unspecified atom stereocenters. The van der Waals surface area contributed by atoms with Gasteiger partial charge in [0.15, 0.2) is 0 Å². The number of nitrogens with one attached hydrogen (secondary N) is 3. The lowest BCUT2D eigenvalue weighted by molar-refractivity contribution is -0.139. The predicted molar refractivity (Wildman–Crippen MR) is 110 cm³/mol. The van der Waals surface area contributed by atoms with Gasteiger partial charge in [0.05, 0.1) is 23.5 Å². The molecular formula is C22H23F5N4O3. The Morgan fingerprint density at radius 2 is 1.97 bits per heavy atom. The van der Waals surface area contributed by atoms with E-state index in [0.717, 1.165) is 12.3 Å². The molecule has 2 aromatic rings. The number of alkyl halides is 5. The number of amides is 2. The van der Waals surface area contributed by atoms with Crippen molar-refractivity contribution >= 4 is 11.8 Å². The lowest BCUT2D eigenvalue weighted by Crippen LogP contribution is -2.47. The lowest BCUT2D eigenvalue weighted by atomic mass is 9.97. The summed E-state index contributed by atoms with van der Waals surface area (Å²) < 4.78 is 70.1. The maximum Gasteiger partial charge on any atom is 0.416 e. The standard InChI is InChI=1S/C22H23F5N4O3/c1-11(2)20(33)29-9-12-3-5-15(22(25,26)27)14(7-12)19-30-17(8-18(32)31-19)16-6-4-13(10-28-16)34-21(23)24/h3-7,10-11,17,19,21,30H,8-9H2,1-2H3,(H,29,33)(H,31,32). The van der Waals surface area contributed by atoms with Gasteiger partial charge in [-0.3, -0.25) is 19.9 Å². The molecule has 1 aromatic heterocycles. The minimum atomic E-state index is -4.69. The van der Waals surface area contributed by atoms with Gasteiger partial charge in [0, 0.05) is 24.4 Å². The summed E-state index contributed by atoms with van der Waals surface area (Å²) in [5.74, 6) is -1.25. The van der Waals surface area contributed by atoms with Crippen LogP contribution in [-0.2, 0) is 22.3 Å². The van der Waals surface area contributed by atoms with Gasteiger partial charge in [-0.1, -0.05) is 19.9 Å². The third kappa shape index (κ3) is 6.40. The van der Waals surface area contributed by atoms with E-state index in [-0.39, 0.29) is 41.8 Å². The van der Waals surface area contributed by atoms with Gasteiger partial charge in [-0.25, -0.2) is 0 Å². The third-order valence-corrected chi connectivity index (χ3v) is 5.13. The van der Waals surface area contributed by atoms with Crippen LogP contribution in [-0.4, -0.2) is 23.4 Å². The molecule has 184 valence electrons. The summed E-state index contributed by atoms with van der Waals surface area (Å²) in [4.78, 5) is 28.2. The maximum absolute atomic E-state index is 13.7. The van der Waals surface area contributed by atoms with Crippen LogP contribution in [0.4, 0.5) is 22.0 Å². The van der Waals surface area contributed by atoms with Crippen molar-refractivity contribution in [2.24, 2.45) is 5.92 Å². The molecule has 0 spiro atoms. The fraction of sp³-hybridized carbons (Fsp3) is 0.409. The molecule has 0 radical (unpaired) electrons. The van der Waals surface area contributed by atoms with Gasteiger partial charge >= 0.3 is 12.8 Å². The zero-order chi connectivity index (χ0) is 25.0. The number of nitrogens with zero attached hydrogens (tertiary/aromatic N) is 1. The molecule has 3 rings (SSSR count). The predicted octanol–water partition coefficient (Wildman–Crippen LogP) is 3.82. The van der Waals surface area contributed by atoms with E-state index in [2.05, 4.69) is 25.7 Å². The van der Waals surface area contributed by atoms with Crippen LogP contribution < -0.4 is 20.7 Å². The Hall–Kier alpha value is -3.28. The Morgan fingerprint density at radius 1 is 1.24 bits per heavy atom.